The van der Waals surface area contributed by atoms with Gasteiger partial charge in [0.2, 0.25) is 17.8 Å². The Bertz CT molecular complexity index is 1190. The Morgan fingerprint density at radius 1 is 0.938 bits per heavy atom. The molecule has 1 aliphatic rings. The van der Waals surface area contributed by atoms with Crippen LogP contribution in [-0.2, 0) is 4.74 Å². The Kier molecular flexibility index (Phi) is 5.67. The SMILES string of the molecule is O=c1cc(-c2ccc(O[C@H]3O[C@@H](O)[C@H](O)[C@@H](O)[C@@H]3CO)cc2)oc2c(O)c(O)c(O)cc12. The lowest BCUT2D eigenvalue weighted by molar-refractivity contribution is -0.312. The zero-order valence-electron chi connectivity index (χ0n) is 16.3. The second-order valence-electron chi connectivity index (χ2n) is 7.31. The molecule has 3 aromatic rings. The zero-order valence-corrected chi connectivity index (χ0v) is 16.3. The third kappa shape index (κ3) is 3.72. The highest BCUT2D eigenvalue weighted by molar-refractivity contribution is 5.88. The molecule has 1 aromatic heterocycles. The van der Waals surface area contributed by atoms with Crippen molar-refractivity contribution in [3.63, 3.8) is 0 Å². The maximum absolute atomic E-state index is 12.4. The summed E-state index contributed by atoms with van der Waals surface area (Å²) >= 11 is 0. The number of hydrogen-bond donors (Lipinski definition) is 7. The number of hydrogen-bond acceptors (Lipinski definition) is 11. The van der Waals surface area contributed by atoms with Crippen molar-refractivity contribution in [2.75, 3.05) is 6.61 Å². The summed E-state index contributed by atoms with van der Waals surface area (Å²) in [5.41, 5.74) is -0.455. The van der Waals surface area contributed by atoms with Crippen molar-refractivity contribution in [2.24, 2.45) is 5.92 Å². The van der Waals surface area contributed by atoms with Crippen LogP contribution in [0.2, 0.25) is 0 Å². The maximum Gasteiger partial charge on any atom is 0.210 e. The van der Waals surface area contributed by atoms with Gasteiger partial charge in [-0.2, -0.15) is 0 Å². The van der Waals surface area contributed by atoms with E-state index in [1.807, 2.05) is 0 Å². The molecule has 5 atom stereocenters. The van der Waals surface area contributed by atoms with Crippen LogP contribution in [0.25, 0.3) is 22.3 Å². The Morgan fingerprint density at radius 2 is 1.62 bits per heavy atom. The van der Waals surface area contributed by atoms with Gasteiger partial charge >= 0.3 is 0 Å². The number of benzene rings is 2. The zero-order chi connectivity index (χ0) is 23.2. The summed E-state index contributed by atoms with van der Waals surface area (Å²) in [5, 5.41) is 68.0. The van der Waals surface area contributed by atoms with Crippen molar-refractivity contribution in [2.45, 2.75) is 24.8 Å². The fourth-order valence-corrected chi connectivity index (χ4v) is 3.43. The second-order valence-corrected chi connectivity index (χ2v) is 7.31. The number of rotatable bonds is 4. The highest BCUT2D eigenvalue weighted by atomic mass is 16.7. The molecule has 0 spiro atoms. The standard InChI is InChI=1S/C21H20O11/c22-7-11-15(25)18(28)20(29)32-21(11)30-9-3-1-8(2-4-9)14-6-12(23)10-5-13(24)16(26)17(27)19(10)31-14/h1-6,11,15,18,20-22,24-29H,7H2/t11-,15-,18+,20+,21-/m0/s1. The van der Waals surface area contributed by atoms with E-state index in [1.54, 1.807) is 0 Å². The molecule has 1 fully saturated rings. The molecule has 0 aliphatic carbocycles. The lowest BCUT2D eigenvalue weighted by Gasteiger charge is -2.39. The van der Waals surface area contributed by atoms with Crippen molar-refractivity contribution >= 4 is 11.0 Å². The van der Waals surface area contributed by atoms with Crippen molar-refractivity contribution < 1.29 is 49.6 Å². The van der Waals surface area contributed by atoms with Crippen LogP contribution in [0.4, 0.5) is 0 Å². The molecule has 170 valence electrons. The van der Waals surface area contributed by atoms with E-state index >= 15 is 0 Å². The molecular weight excluding hydrogens is 428 g/mol. The molecule has 2 heterocycles. The van der Waals surface area contributed by atoms with Crippen molar-refractivity contribution in [1.29, 1.82) is 0 Å². The third-order valence-electron chi connectivity index (χ3n) is 5.25. The number of ether oxygens (including phenoxy) is 2. The summed E-state index contributed by atoms with van der Waals surface area (Å²) in [6, 6.07) is 8.09. The van der Waals surface area contributed by atoms with Crippen LogP contribution in [0.15, 0.2) is 45.6 Å². The van der Waals surface area contributed by atoms with E-state index in [0.717, 1.165) is 12.1 Å². The summed E-state index contributed by atoms with van der Waals surface area (Å²) in [6.45, 7) is -0.568. The average molecular weight is 448 g/mol. The first-order valence-electron chi connectivity index (χ1n) is 9.50. The van der Waals surface area contributed by atoms with Gasteiger partial charge in [0.1, 0.15) is 17.6 Å². The van der Waals surface area contributed by atoms with Gasteiger partial charge in [-0.15, -0.1) is 0 Å². The van der Waals surface area contributed by atoms with Gasteiger partial charge in [-0.05, 0) is 30.3 Å². The summed E-state index contributed by atoms with van der Waals surface area (Å²) in [4.78, 5) is 12.4. The van der Waals surface area contributed by atoms with E-state index < -0.39 is 60.0 Å². The van der Waals surface area contributed by atoms with Crippen molar-refractivity contribution in [3.8, 4) is 34.3 Å². The van der Waals surface area contributed by atoms with Gasteiger partial charge in [-0.1, -0.05) is 0 Å². The van der Waals surface area contributed by atoms with E-state index in [4.69, 9.17) is 13.9 Å². The molecule has 0 radical (unpaired) electrons. The largest absolute Gasteiger partial charge is 0.504 e. The van der Waals surface area contributed by atoms with Crippen LogP contribution in [0.3, 0.4) is 0 Å². The van der Waals surface area contributed by atoms with E-state index in [-0.39, 0.29) is 22.5 Å². The van der Waals surface area contributed by atoms with Gasteiger partial charge in [0, 0.05) is 11.6 Å². The number of phenolic OH excluding ortho intramolecular Hbond substituents is 3. The van der Waals surface area contributed by atoms with Gasteiger partial charge in [0.05, 0.1) is 24.0 Å². The average Bonchev–Trinajstić information content (AvgIpc) is 2.77. The van der Waals surface area contributed by atoms with Crippen LogP contribution in [0.1, 0.15) is 0 Å². The molecule has 0 unspecified atom stereocenters. The number of aromatic hydroxyl groups is 3. The molecular formula is C21H20O11. The molecule has 2 aromatic carbocycles. The summed E-state index contributed by atoms with van der Waals surface area (Å²) in [6.07, 6.45) is -6.01. The minimum Gasteiger partial charge on any atom is -0.504 e. The monoisotopic (exact) mass is 448 g/mol. The first kappa shape index (κ1) is 21.9. The van der Waals surface area contributed by atoms with Gasteiger partial charge < -0.3 is 49.6 Å². The third-order valence-corrected chi connectivity index (χ3v) is 5.25. The number of fused-ring (bicyclic) bond motifs is 1. The van der Waals surface area contributed by atoms with Crippen molar-refractivity contribution in [1.82, 2.24) is 0 Å². The van der Waals surface area contributed by atoms with E-state index in [0.29, 0.717) is 5.56 Å². The second kappa shape index (κ2) is 8.30. The molecule has 4 rings (SSSR count). The predicted molar refractivity (Wildman–Crippen MR) is 107 cm³/mol. The van der Waals surface area contributed by atoms with Gasteiger partial charge in [-0.3, -0.25) is 4.79 Å². The van der Waals surface area contributed by atoms with Gasteiger partial charge in [0.15, 0.2) is 23.1 Å². The quantitative estimate of drug-likeness (QED) is 0.265. The molecule has 0 amide bonds. The lowest BCUT2D eigenvalue weighted by Crippen LogP contribution is -2.57. The molecule has 0 saturated carbocycles. The molecule has 1 saturated heterocycles. The topological polar surface area (TPSA) is 190 Å². The molecule has 32 heavy (non-hydrogen) atoms. The van der Waals surface area contributed by atoms with Crippen LogP contribution < -0.4 is 10.2 Å². The summed E-state index contributed by atoms with van der Waals surface area (Å²) in [5.74, 6) is -2.99. The fraction of sp³-hybridized carbons (Fsp3) is 0.286. The van der Waals surface area contributed by atoms with Crippen LogP contribution in [0.5, 0.6) is 23.0 Å². The molecule has 7 N–H and O–H groups in total. The summed E-state index contributed by atoms with van der Waals surface area (Å²) < 4.78 is 16.2. The minimum absolute atomic E-state index is 0.0607. The molecule has 1 aliphatic heterocycles. The smallest absolute Gasteiger partial charge is 0.210 e. The molecule has 0 bridgehead atoms. The fourth-order valence-electron chi connectivity index (χ4n) is 3.43. The number of phenols is 3. The van der Waals surface area contributed by atoms with Gasteiger partial charge in [0.25, 0.3) is 0 Å². The van der Waals surface area contributed by atoms with Crippen molar-refractivity contribution in [3.05, 3.63) is 46.6 Å². The Labute approximate surface area is 179 Å². The maximum atomic E-state index is 12.4. The Balaban J connectivity index is 1.62. The highest BCUT2D eigenvalue weighted by Crippen LogP contribution is 2.41. The van der Waals surface area contributed by atoms with E-state index in [9.17, 15) is 40.5 Å². The predicted octanol–water partition coefficient (Wildman–Crippen LogP) is -0.0394. The molecule has 11 nitrogen and oxygen atoms in total. The minimum atomic E-state index is -1.70. The first-order chi connectivity index (χ1) is 15.2. The van der Waals surface area contributed by atoms with Gasteiger partial charge in [-0.25, -0.2) is 0 Å². The van der Waals surface area contributed by atoms with Crippen LogP contribution in [0, 0.1) is 5.92 Å². The first-order valence-corrected chi connectivity index (χ1v) is 9.50. The Hall–Kier alpha value is -3.35. The number of aliphatic hydroxyl groups is 4. The van der Waals surface area contributed by atoms with Crippen LogP contribution >= 0.6 is 0 Å². The normalized spacial score (nSPS) is 25.7. The Morgan fingerprint density at radius 3 is 2.28 bits per heavy atom. The van der Waals surface area contributed by atoms with Crippen LogP contribution in [-0.4, -0.2) is 67.1 Å². The summed E-state index contributed by atoms with van der Waals surface area (Å²) in [7, 11) is 0. The van der Waals surface area contributed by atoms with E-state index in [2.05, 4.69) is 0 Å². The lowest BCUT2D eigenvalue weighted by atomic mass is 9.94. The molecule has 11 heteroatoms. The number of aliphatic hydroxyl groups excluding tert-OH is 4. The highest BCUT2D eigenvalue weighted by Gasteiger charge is 2.44. The van der Waals surface area contributed by atoms with E-state index in [1.165, 1.54) is 24.3 Å².